The van der Waals surface area contributed by atoms with Gasteiger partial charge < -0.3 is 20.4 Å². The van der Waals surface area contributed by atoms with Crippen molar-refractivity contribution in [1.82, 2.24) is 35.4 Å². The minimum atomic E-state index is -5.19. The lowest BCUT2D eigenvalue weighted by Gasteiger charge is -2.49. The first-order chi connectivity index (χ1) is 21.8. The number of nitrogens with zero attached hydrogens (tertiary/aromatic N) is 7. The van der Waals surface area contributed by atoms with Crippen LogP contribution < -0.4 is 10.6 Å². The molecular weight excluding hydrogens is 684 g/mol. The van der Waals surface area contributed by atoms with Crippen LogP contribution in [0.1, 0.15) is 12.1 Å². The molecule has 0 spiro atoms. The van der Waals surface area contributed by atoms with Crippen molar-refractivity contribution in [1.29, 1.82) is 0 Å². The predicted octanol–water partition coefficient (Wildman–Crippen LogP) is 0.461. The number of amides is 3. The number of oxime groups is 1. The molecule has 0 aliphatic carbocycles. The molecule has 1 fully saturated rings. The van der Waals surface area contributed by atoms with E-state index >= 15 is 0 Å². The number of fused-ring (bicyclic) bond motifs is 1. The van der Waals surface area contributed by atoms with Crippen molar-refractivity contribution in [2.45, 2.75) is 29.2 Å². The minimum Gasteiger partial charge on any atom is -0.481 e. The number of aromatic nitrogens is 5. The fourth-order valence-corrected chi connectivity index (χ4v) is 6.76. The monoisotopic (exact) mass is 701 g/mol. The number of terminal acetylenes is 1. The molecule has 1 unspecified atom stereocenters. The molecule has 2 aromatic rings. The number of hydrogen-bond acceptors (Lipinski definition) is 14. The molecule has 2 aliphatic heterocycles. The molecule has 2 atom stereocenters. The van der Waals surface area contributed by atoms with Crippen molar-refractivity contribution >= 4 is 81.6 Å². The number of carboxylic acids is 2. The van der Waals surface area contributed by atoms with Gasteiger partial charge in [-0.1, -0.05) is 28.9 Å². The predicted molar refractivity (Wildman–Crippen MR) is 154 cm³/mol. The Kier molecular flexibility index (Phi) is 10.6. The van der Waals surface area contributed by atoms with Crippen LogP contribution in [0.5, 0.6) is 0 Å². The molecule has 17 nitrogen and oxygen atoms in total. The first-order valence-corrected chi connectivity index (χ1v) is 15.2. The van der Waals surface area contributed by atoms with Gasteiger partial charge >= 0.3 is 24.0 Å². The fourth-order valence-electron chi connectivity index (χ4n) is 3.73. The molecule has 2 aromatic heterocycles. The summed E-state index contributed by atoms with van der Waals surface area (Å²) in [5.41, 5.74) is -0.834. The van der Waals surface area contributed by atoms with E-state index in [-0.39, 0.29) is 34.5 Å². The van der Waals surface area contributed by atoms with Crippen LogP contribution in [0.3, 0.4) is 0 Å². The number of hydrogen-bond donors (Lipinski definition) is 4. The second kappa shape index (κ2) is 14.4. The van der Waals surface area contributed by atoms with Crippen LogP contribution >= 0.6 is 34.9 Å². The summed E-state index contributed by atoms with van der Waals surface area (Å²) in [6, 6.07) is -1.23. The van der Waals surface area contributed by atoms with E-state index in [0.717, 1.165) is 33.8 Å². The van der Waals surface area contributed by atoms with Gasteiger partial charge in [-0.05, 0) is 16.0 Å². The molecular formula is C23H18F3N9O8S3. The Morgan fingerprint density at radius 1 is 1.30 bits per heavy atom. The third kappa shape index (κ3) is 7.82. The molecule has 242 valence electrons. The molecule has 4 N–H and O–H groups in total. The Balaban J connectivity index is 1.47. The van der Waals surface area contributed by atoms with Gasteiger partial charge in [-0.25, -0.2) is 9.78 Å². The van der Waals surface area contributed by atoms with Crippen molar-refractivity contribution < 1.29 is 52.2 Å². The van der Waals surface area contributed by atoms with Crippen LogP contribution in [0, 0.1) is 12.3 Å². The number of thioether (sulfide) groups is 2. The first kappa shape index (κ1) is 33.9. The van der Waals surface area contributed by atoms with Gasteiger partial charge in [0.25, 0.3) is 11.8 Å². The number of anilines is 1. The van der Waals surface area contributed by atoms with Gasteiger partial charge in [0.05, 0.1) is 6.42 Å². The number of aliphatic carboxylic acids is 2. The first-order valence-electron chi connectivity index (χ1n) is 12.3. The van der Waals surface area contributed by atoms with Crippen molar-refractivity contribution in [2.75, 3.05) is 23.4 Å². The SMILES string of the molecule is C#CCON=C(C(=O)NC1C(=O)N2C(C(=O)O)=C(CSc3nnnn3C=CCC(=O)O)CS[C@@H]12)c1csc(NC(=O)C(F)(F)F)n1. The standard InChI is InChI=1S/C23H18F3N9O8S3/c1-2-6-43-31-13(11-9-45-21(27-11)29-20(42)23(24,25)26)16(38)28-14-17(39)35-15(19(40)41)10(7-44-18(14)35)8-46-22-30-32-33-34(22)5-3-4-12(36)37/h1,3,5,9,14,18H,4,6-8H2,(H,28,38)(H,36,37)(H,40,41)(H,27,29,42)/t14?,18-/m0/s1. The van der Waals surface area contributed by atoms with Crippen LogP contribution in [0.2, 0.25) is 0 Å². The molecule has 0 radical (unpaired) electrons. The van der Waals surface area contributed by atoms with Gasteiger partial charge in [0, 0.05) is 23.1 Å². The average molecular weight is 702 g/mol. The second-order valence-corrected chi connectivity index (χ2v) is 11.6. The van der Waals surface area contributed by atoms with Gasteiger partial charge in [-0.3, -0.25) is 29.4 Å². The zero-order valence-electron chi connectivity index (χ0n) is 22.6. The van der Waals surface area contributed by atoms with Crippen LogP contribution in [0.15, 0.2) is 33.0 Å². The maximum Gasteiger partial charge on any atom is 0.471 e. The summed E-state index contributed by atoms with van der Waals surface area (Å²) >= 11 is 2.75. The van der Waals surface area contributed by atoms with E-state index in [0.29, 0.717) is 16.9 Å². The zero-order chi connectivity index (χ0) is 33.6. The number of halogens is 3. The number of alkyl halides is 3. The van der Waals surface area contributed by atoms with Crippen LogP contribution in [-0.2, 0) is 28.8 Å². The third-order valence-electron chi connectivity index (χ3n) is 5.66. The Labute approximate surface area is 267 Å². The summed E-state index contributed by atoms with van der Waals surface area (Å²) in [5, 5.41) is 37.3. The quantitative estimate of drug-likeness (QED) is 0.0555. The molecule has 4 rings (SSSR count). The number of carbonyl (C=O) groups is 5. The molecule has 3 amide bonds. The minimum absolute atomic E-state index is 0.0513. The lowest BCUT2D eigenvalue weighted by molar-refractivity contribution is -0.167. The molecule has 1 saturated heterocycles. The van der Waals surface area contributed by atoms with E-state index in [1.54, 1.807) is 5.32 Å². The molecule has 0 bridgehead atoms. The highest BCUT2D eigenvalue weighted by Gasteiger charge is 2.54. The lowest BCUT2D eigenvalue weighted by atomic mass is 10.0. The normalized spacial score (nSPS) is 18.1. The highest BCUT2D eigenvalue weighted by Crippen LogP contribution is 2.41. The summed E-state index contributed by atoms with van der Waals surface area (Å²) < 4.78 is 39.0. The largest absolute Gasteiger partial charge is 0.481 e. The summed E-state index contributed by atoms with van der Waals surface area (Å²) in [6.45, 7) is -0.397. The zero-order valence-corrected chi connectivity index (χ0v) is 25.1. The number of thiazole rings is 1. The van der Waals surface area contributed by atoms with Crippen molar-refractivity contribution in [3.63, 3.8) is 0 Å². The Morgan fingerprint density at radius 2 is 2.07 bits per heavy atom. The van der Waals surface area contributed by atoms with Crippen molar-refractivity contribution in [2.24, 2.45) is 5.16 Å². The molecule has 4 heterocycles. The van der Waals surface area contributed by atoms with E-state index in [1.807, 2.05) is 0 Å². The van der Waals surface area contributed by atoms with Crippen LogP contribution in [0.4, 0.5) is 18.3 Å². The fraction of sp³-hybridized carbons (Fsp3) is 0.304. The van der Waals surface area contributed by atoms with Gasteiger partial charge in [-0.15, -0.1) is 34.6 Å². The molecule has 23 heteroatoms. The highest BCUT2D eigenvalue weighted by molar-refractivity contribution is 8.01. The van der Waals surface area contributed by atoms with E-state index in [9.17, 15) is 42.3 Å². The van der Waals surface area contributed by atoms with Crippen molar-refractivity contribution in [3.05, 3.63) is 28.4 Å². The van der Waals surface area contributed by atoms with Gasteiger partial charge in [-0.2, -0.15) is 17.9 Å². The Morgan fingerprint density at radius 3 is 2.74 bits per heavy atom. The molecule has 0 aromatic carbocycles. The topological polar surface area (TPSA) is 231 Å². The van der Waals surface area contributed by atoms with Crippen LogP contribution in [-0.4, -0.2) is 111 Å². The number of carboxylic acid groups (broad SMARTS) is 2. The molecule has 0 saturated carbocycles. The Hall–Kier alpha value is -4.95. The number of rotatable bonds is 13. The maximum atomic E-state index is 13.2. The summed E-state index contributed by atoms with van der Waals surface area (Å²) in [5.74, 6) is -4.29. The van der Waals surface area contributed by atoms with Crippen molar-refractivity contribution in [3.8, 4) is 12.3 Å². The maximum absolute atomic E-state index is 13.2. The van der Waals surface area contributed by atoms with E-state index in [4.69, 9.17) is 16.4 Å². The summed E-state index contributed by atoms with van der Waals surface area (Å²) in [6.07, 6.45) is 2.30. The van der Waals surface area contributed by atoms with Gasteiger partial charge in [0.1, 0.15) is 22.8 Å². The number of tetrazole rings is 1. The molecule has 46 heavy (non-hydrogen) atoms. The second-order valence-electron chi connectivity index (χ2n) is 8.70. The van der Waals surface area contributed by atoms with E-state index in [2.05, 4.69) is 36.9 Å². The number of carbonyl (C=O) groups excluding carboxylic acids is 3. The number of nitrogens with one attached hydrogen (secondary N) is 2. The smallest absolute Gasteiger partial charge is 0.471 e. The van der Waals surface area contributed by atoms with E-state index in [1.165, 1.54) is 17.0 Å². The Bertz CT molecular complexity index is 1700. The number of β-lactam (4-membered cyclic amide) rings is 1. The van der Waals surface area contributed by atoms with Crippen LogP contribution in [0.25, 0.3) is 6.20 Å². The van der Waals surface area contributed by atoms with Gasteiger partial charge in [0.15, 0.2) is 17.5 Å². The lowest BCUT2D eigenvalue weighted by Crippen LogP contribution is -2.71. The van der Waals surface area contributed by atoms with E-state index < -0.39 is 64.7 Å². The third-order valence-corrected chi connectivity index (χ3v) is 8.77. The molecule has 2 aliphatic rings. The summed E-state index contributed by atoms with van der Waals surface area (Å²) in [7, 11) is 0. The summed E-state index contributed by atoms with van der Waals surface area (Å²) in [4.78, 5) is 70.1. The van der Waals surface area contributed by atoms with Gasteiger partial charge in [0.2, 0.25) is 5.16 Å². The highest BCUT2D eigenvalue weighted by atomic mass is 32.2. The average Bonchev–Trinajstić information content (AvgIpc) is 3.65.